The standard InChI is InChI=1S/C13H18O2/c1-3-9-13(4-2)14-10-11-7-5-6-8-12(11)15-13/h5-8H,3-4,9-10H2,1-2H3. The Labute approximate surface area is 91.2 Å². The van der Waals surface area contributed by atoms with Gasteiger partial charge in [-0.05, 0) is 12.5 Å². The molecule has 1 aliphatic heterocycles. The van der Waals surface area contributed by atoms with E-state index in [1.807, 2.05) is 18.2 Å². The minimum atomic E-state index is -0.386. The normalized spacial score (nSPS) is 24.4. The molecule has 0 N–H and O–H groups in total. The van der Waals surface area contributed by atoms with Gasteiger partial charge in [0.15, 0.2) is 0 Å². The molecule has 1 aromatic carbocycles. The Morgan fingerprint density at radius 1 is 1.27 bits per heavy atom. The quantitative estimate of drug-likeness (QED) is 0.753. The summed E-state index contributed by atoms with van der Waals surface area (Å²) in [5.41, 5.74) is 1.15. The van der Waals surface area contributed by atoms with Crippen LogP contribution in [0.4, 0.5) is 0 Å². The molecule has 0 saturated carbocycles. The third kappa shape index (κ3) is 2.00. The molecule has 1 unspecified atom stereocenters. The lowest BCUT2D eigenvalue weighted by Crippen LogP contribution is -2.41. The number of hydrogen-bond donors (Lipinski definition) is 0. The van der Waals surface area contributed by atoms with Gasteiger partial charge in [0.2, 0.25) is 5.79 Å². The SMILES string of the molecule is CCCC1(CC)OCc2ccccc2O1. The molecule has 0 radical (unpaired) electrons. The zero-order valence-electron chi connectivity index (χ0n) is 9.45. The van der Waals surface area contributed by atoms with Crippen molar-refractivity contribution in [2.45, 2.75) is 45.5 Å². The topological polar surface area (TPSA) is 18.5 Å². The van der Waals surface area contributed by atoms with Gasteiger partial charge < -0.3 is 9.47 Å². The van der Waals surface area contributed by atoms with Gasteiger partial charge in [-0.2, -0.15) is 0 Å². The van der Waals surface area contributed by atoms with Crippen LogP contribution in [0.2, 0.25) is 0 Å². The molecule has 0 spiro atoms. The summed E-state index contributed by atoms with van der Waals surface area (Å²) >= 11 is 0. The summed E-state index contributed by atoms with van der Waals surface area (Å²) < 4.78 is 11.8. The molecule has 2 nitrogen and oxygen atoms in total. The van der Waals surface area contributed by atoms with E-state index in [4.69, 9.17) is 9.47 Å². The van der Waals surface area contributed by atoms with E-state index in [2.05, 4.69) is 19.9 Å². The Balaban J connectivity index is 2.22. The van der Waals surface area contributed by atoms with Crippen molar-refractivity contribution >= 4 is 0 Å². The van der Waals surface area contributed by atoms with Crippen molar-refractivity contribution in [2.24, 2.45) is 0 Å². The summed E-state index contributed by atoms with van der Waals surface area (Å²) in [5.74, 6) is 0.599. The Kier molecular flexibility index (Phi) is 2.96. The molecule has 2 heteroatoms. The van der Waals surface area contributed by atoms with Crippen molar-refractivity contribution in [3.05, 3.63) is 29.8 Å². The monoisotopic (exact) mass is 206 g/mol. The lowest BCUT2D eigenvalue weighted by Gasteiger charge is -2.37. The number of ether oxygens (including phenoxy) is 2. The number of hydrogen-bond acceptors (Lipinski definition) is 2. The summed E-state index contributed by atoms with van der Waals surface area (Å²) in [6.45, 7) is 4.94. The molecule has 0 aromatic heterocycles. The molecule has 0 amide bonds. The number of fused-ring (bicyclic) bond motifs is 1. The van der Waals surface area contributed by atoms with E-state index in [9.17, 15) is 0 Å². The molecule has 1 heterocycles. The summed E-state index contributed by atoms with van der Waals surface area (Å²) in [7, 11) is 0. The van der Waals surface area contributed by atoms with Gasteiger partial charge in [0.25, 0.3) is 0 Å². The largest absolute Gasteiger partial charge is 0.462 e. The maximum Gasteiger partial charge on any atom is 0.210 e. The molecule has 0 fully saturated rings. The first-order valence-electron chi connectivity index (χ1n) is 5.70. The molecule has 15 heavy (non-hydrogen) atoms. The van der Waals surface area contributed by atoms with Crippen molar-refractivity contribution < 1.29 is 9.47 Å². The van der Waals surface area contributed by atoms with Crippen molar-refractivity contribution in [1.82, 2.24) is 0 Å². The van der Waals surface area contributed by atoms with E-state index in [1.165, 1.54) is 0 Å². The highest BCUT2D eigenvalue weighted by Gasteiger charge is 2.34. The first-order valence-corrected chi connectivity index (χ1v) is 5.70. The van der Waals surface area contributed by atoms with Crippen LogP contribution in [-0.2, 0) is 11.3 Å². The van der Waals surface area contributed by atoms with Gasteiger partial charge in [-0.1, -0.05) is 32.0 Å². The Morgan fingerprint density at radius 3 is 2.80 bits per heavy atom. The smallest absolute Gasteiger partial charge is 0.210 e. The fourth-order valence-electron chi connectivity index (χ4n) is 2.02. The first-order chi connectivity index (χ1) is 7.29. The molecule has 1 aromatic rings. The van der Waals surface area contributed by atoms with Crippen molar-refractivity contribution in [1.29, 1.82) is 0 Å². The van der Waals surface area contributed by atoms with Crippen molar-refractivity contribution in [3.8, 4) is 5.75 Å². The van der Waals surface area contributed by atoms with Crippen molar-refractivity contribution in [2.75, 3.05) is 0 Å². The maximum absolute atomic E-state index is 5.99. The van der Waals surface area contributed by atoms with E-state index >= 15 is 0 Å². The number of rotatable bonds is 3. The minimum absolute atomic E-state index is 0.386. The van der Waals surface area contributed by atoms with E-state index in [1.54, 1.807) is 0 Å². The minimum Gasteiger partial charge on any atom is -0.462 e. The molecule has 1 aliphatic rings. The van der Waals surface area contributed by atoms with Gasteiger partial charge in [0.1, 0.15) is 5.75 Å². The van der Waals surface area contributed by atoms with Crippen LogP contribution < -0.4 is 4.74 Å². The second kappa shape index (κ2) is 4.23. The van der Waals surface area contributed by atoms with Gasteiger partial charge in [-0.15, -0.1) is 0 Å². The molecule has 1 atom stereocenters. The van der Waals surface area contributed by atoms with Crippen LogP contribution in [0.3, 0.4) is 0 Å². The van der Waals surface area contributed by atoms with E-state index < -0.39 is 0 Å². The summed E-state index contributed by atoms with van der Waals surface area (Å²) in [6.07, 6.45) is 2.93. The summed E-state index contributed by atoms with van der Waals surface area (Å²) in [4.78, 5) is 0. The van der Waals surface area contributed by atoms with Crippen LogP contribution in [0, 0.1) is 0 Å². The second-order valence-corrected chi connectivity index (χ2v) is 4.01. The van der Waals surface area contributed by atoms with E-state index in [0.29, 0.717) is 6.61 Å². The molecule has 2 rings (SSSR count). The highest BCUT2D eigenvalue weighted by molar-refractivity contribution is 5.34. The zero-order chi connectivity index (χ0) is 10.7. The van der Waals surface area contributed by atoms with Crippen LogP contribution in [0.5, 0.6) is 5.75 Å². The third-order valence-electron chi connectivity index (χ3n) is 2.93. The lowest BCUT2D eigenvalue weighted by atomic mass is 10.1. The highest BCUT2D eigenvalue weighted by atomic mass is 16.7. The lowest BCUT2D eigenvalue weighted by molar-refractivity contribution is -0.211. The molecule has 0 aliphatic carbocycles. The summed E-state index contributed by atoms with van der Waals surface area (Å²) in [6, 6.07) is 8.11. The van der Waals surface area contributed by atoms with Gasteiger partial charge in [-0.25, -0.2) is 0 Å². The maximum atomic E-state index is 5.99. The Hall–Kier alpha value is -1.02. The molecule has 0 bridgehead atoms. The van der Waals surface area contributed by atoms with Crippen LogP contribution in [-0.4, -0.2) is 5.79 Å². The van der Waals surface area contributed by atoms with Crippen LogP contribution in [0.1, 0.15) is 38.7 Å². The average Bonchev–Trinajstić information content (AvgIpc) is 2.29. The highest BCUT2D eigenvalue weighted by Crippen LogP contribution is 2.35. The Morgan fingerprint density at radius 2 is 2.07 bits per heavy atom. The predicted octanol–water partition coefficient (Wildman–Crippen LogP) is 3.50. The van der Waals surface area contributed by atoms with E-state index in [-0.39, 0.29) is 5.79 Å². The number of benzene rings is 1. The zero-order valence-corrected chi connectivity index (χ0v) is 9.45. The fraction of sp³-hybridized carbons (Fsp3) is 0.538. The van der Waals surface area contributed by atoms with Gasteiger partial charge >= 0.3 is 0 Å². The Bertz CT molecular complexity index is 335. The molecular weight excluding hydrogens is 188 g/mol. The molecule has 0 saturated heterocycles. The fourth-order valence-corrected chi connectivity index (χ4v) is 2.02. The van der Waals surface area contributed by atoms with Crippen LogP contribution >= 0.6 is 0 Å². The van der Waals surface area contributed by atoms with Crippen molar-refractivity contribution in [3.63, 3.8) is 0 Å². The van der Waals surface area contributed by atoms with E-state index in [0.717, 1.165) is 30.6 Å². The first kappa shape index (κ1) is 10.5. The van der Waals surface area contributed by atoms with Gasteiger partial charge in [0, 0.05) is 18.4 Å². The van der Waals surface area contributed by atoms with Crippen LogP contribution in [0.15, 0.2) is 24.3 Å². The van der Waals surface area contributed by atoms with Gasteiger partial charge in [0.05, 0.1) is 6.61 Å². The molecule has 82 valence electrons. The second-order valence-electron chi connectivity index (χ2n) is 4.01. The molecular formula is C13H18O2. The average molecular weight is 206 g/mol. The predicted molar refractivity (Wildman–Crippen MR) is 59.8 cm³/mol. The van der Waals surface area contributed by atoms with Gasteiger partial charge in [-0.3, -0.25) is 0 Å². The number of para-hydroxylation sites is 1. The summed E-state index contributed by atoms with van der Waals surface area (Å²) in [5, 5.41) is 0. The third-order valence-corrected chi connectivity index (χ3v) is 2.93. The van der Waals surface area contributed by atoms with Crippen LogP contribution in [0.25, 0.3) is 0 Å².